The van der Waals surface area contributed by atoms with Crippen LogP contribution in [0, 0.1) is 0 Å². The molecular weight excluding hydrogens is 568 g/mol. The maximum absolute atomic E-state index is 12.0. The fourth-order valence-electron chi connectivity index (χ4n) is 2.29. The van der Waals surface area contributed by atoms with Gasteiger partial charge in [0.2, 0.25) is 11.8 Å². The van der Waals surface area contributed by atoms with E-state index in [2.05, 4.69) is 20.7 Å². The minimum atomic E-state index is -1.78. The Morgan fingerprint density at radius 1 is 0.763 bits per heavy atom. The molecule has 5 atom stereocenters. The lowest BCUT2D eigenvalue weighted by molar-refractivity contribution is -0.138. The number of amides is 3. The zero-order valence-electron chi connectivity index (χ0n) is 20.5. The third kappa shape index (κ3) is 18.3. The van der Waals surface area contributed by atoms with Crippen LogP contribution in [0.25, 0.3) is 0 Å². The molecule has 0 aliphatic carbocycles. The summed E-state index contributed by atoms with van der Waals surface area (Å²) in [6.07, 6.45) is -3.42. The van der Waals surface area contributed by atoms with Gasteiger partial charge >= 0.3 is 11.9 Å². The van der Waals surface area contributed by atoms with Crippen LogP contribution in [-0.2, 0) is 35.0 Å². The molecule has 0 saturated heterocycles. The van der Waals surface area contributed by atoms with Crippen molar-refractivity contribution in [2.75, 3.05) is 54.9 Å². The van der Waals surface area contributed by atoms with E-state index in [4.69, 9.17) is 21.7 Å². The molecule has 0 aliphatic rings. The number of carboxylic acids is 2. The molecule has 3 unspecified atom stereocenters. The van der Waals surface area contributed by atoms with Crippen molar-refractivity contribution in [2.45, 2.75) is 30.7 Å². The Labute approximate surface area is 230 Å². The lowest BCUT2D eigenvalue weighted by Gasteiger charge is -2.17. The van der Waals surface area contributed by atoms with E-state index >= 15 is 0 Å². The highest BCUT2D eigenvalue weighted by Gasteiger charge is 2.24. The average Bonchev–Trinajstić information content (AvgIpc) is 2.86. The van der Waals surface area contributed by atoms with Gasteiger partial charge in [0.1, 0.15) is 12.1 Å². The van der Waals surface area contributed by atoms with Gasteiger partial charge in [-0.25, -0.2) is 8.93 Å². The first-order valence-electron chi connectivity index (χ1n) is 11.3. The summed E-state index contributed by atoms with van der Waals surface area (Å²) in [5.74, 6) is -3.87. The average molecular weight is 605 g/mol. The maximum atomic E-state index is 12.0. The zero-order chi connectivity index (χ0) is 29.1. The molecule has 0 aromatic rings. The number of nitrogens with one attached hydrogen (secondary N) is 4. The second-order valence-electron chi connectivity index (χ2n) is 7.66. The van der Waals surface area contributed by atoms with Gasteiger partial charge in [-0.15, -0.1) is 23.5 Å². The first-order valence-corrected chi connectivity index (χ1v) is 14.9. The Kier molecular flexibility index (Phi) is 19.8. The largest absolute Gasteiger partial charge is 0.480 e. The molecule has 38 heavy (non-hydrogen) atoms. The number of thioether (sulfide) groups is 2. The molecule has 220 valence electrons. The minimum Gasteiger partial charge on any atom is -0.480 e. The molecule has 12 N–H and O–H groups in total. The molecule has 0 saturated carbocycles. The summed E-state index contributed by atoms with van der Waals surface area (Å²) in [6.45, 7) is 0.303. The Bertz CT molecular complexity index is 809. The monoisotopic (exact) mass is 604 g/mol. The summed E-state index contributed by atoms with van der Waals surface area (Å²) in [7, 11) is -1.60. The molecule has 0 fully saturated rings. The second-order valence-corrected chi connectivity index (χ2v) is 11.1. The molecule has 0 spiro atoms. The number of aliphatic hydroxyl groups excluding tert-OH is 2. The first-order chi connectivity index (χ1) is 17.8. The molecule has 0 heterocycles. The molecule has 0 radical (unpaired) electrons. The summed E-state index contributed by atoms with van der Waals surface area (Å²) in [4.78, 5) is 56.4. The van der Waals surface area contributed by atoms with Crippen molar-refractivity contribution < 1.29 is 48.6 Å². The summed E-state index contributed by atoms with van der Waals surface area (Å²) < 4.78 is 14.6. The van der Waals surface area contributed by atoms with Crippen molar-refractivity contribution in [3.05, 3.63) is 0 Å². The summed E-state index contributed by atoms with van der Waals surface area (Å²) >= 11 is 2.11. The Balaban J connectivity index is 3.93. The summed E-state index contributed by atoms with van der Waals surface area (Å²) in [5, 5.41) is 44.6. The number of carboxylic acid groups (broad SMARTS) is 2. The molecule has 19 heteroatoms. The van der Waals surface area contributed by atoms with Crippen molar-refractivity contribution in [3.8, 4) is 0 Å². The van der Waals surface area contributed by atoms with Crippen LogP contribution in [0.4, 0.5) is 0 Å². The summed E-state index contributed by atoms with van der Waals surface area (Å²) in [5.41, 5.74) is 10.6. The lowest BCUT2D eigenvalue weighted by atomic mass is 10.1. The van der Waals surface area contributed by atoms with Gasteiger partial charge in [0, 0.05) is 43.4 Å². The molecule has 0 bridgehead atoms. The van der Waals surface area contributed by atoms with E-state index in [0.29, 0.717) is 0 Å². The van der Waals surface area contributed by atoms with E-state index in [1.54, 1.807) is 0 Å². The standard InChI is InChI=1S/C19H36N6O10S3/c20-11(18(31)32)7-36-9-14(27)22-2-3-24-17(30)16(29)13(26)1-6-38(35)25-5-4-23-15(28)10-37-8-12(21)19(33)34/h11-13,16,25-26,29H,1-10,20-21H2,(H,22,27)(H,23,28)(H,24,30)(H,31,32)(H,33,34)/t11?,12?,13-,16+,38?/m1/s1. The maximum Gasteiger partial charge on any atom is 0.321 e. The molecule has 0 rings (SSSR count). The molecule has 0 aromatic heterocycles. The third-order valence-electron chi connectivity index (χ3n) is 4.38. The third-order valence-corrected chi connectivity index (χ3v) is 7.64. The van der Waals surface area contributed by atoms with E-state index in [1.807, 2.05) is 0 Å². The van der Waals surface area contributed by atoms with E-state index in [0.717, 1.165) is 23.5 Å². The van der Waals surface area contributed by atoms with Gasteiger partial charge in [-0.2, -0.15) is 0 Å². The predicted molar refractivity (Wildman–Crippen MR) is 143 cm³/mol. The van der Waals surface area contributed by atoms with Crippen LogP contribution in [0.1, 0.15) is 6.42 Å². The van der Waals surface area contributed by atoms with Crippen LogP contribution in [0.5, 0.6) is 0 Å². The quantitative estimate of drug-likeness (QED) is 0.0518. The fourth-order valence-corrected chi connectivity index (χ4v) is 4.83. The number of hydrogen-bond donors (Lipinski definition) is 10. The minimum absolute atomic E-state index is 0.0172. The van der Waals surface area contributed by atoms with Gasteiger partial charge in [0.25, 0.3) is 5.91 Å². The van der Waals surface area contributed by atoms with E-state index < -0.39 is 59.0 Å². The predicted octanol–water partition coefficient (Wildman–Crippen LogP) is -5.01. The van der Waals surface area contributed by atoms with Crippen molar-refractivity contribution in [3.63, 3.8) is 0 Å². The van der Waals surface area contributed by atoms with Gasteiger partial charge in [-0.05, 0) is 6.42 Å². The van der Waals surface area contributed by atoms with Crippen LogP contribution in [0.3, 0.4) is 0 Å². The summed E-state index contributed by atoms with van der Waals surface area (Å²) in [6, 6.07) is -2.13. The van der Waals surface area contributed by atoms with E-state index in [9.17, 15) is 38.4 Å². The highest BCUT2D eigenvalue weighted by atomic mass is 32.2. The number of rotatable bonds is 22. The smallest absolute Gasteiger partial charge is 0.321 e. The molecule has 0 aromatic carbocycles. The van der Waals surface area contributed by atoms with Crippen molar-refractivity contribution in [1.82, 2.24) is 20.7 Å². The first kappa shape index (κ1) is 36.0. The Hall–Kier alpha value is -2.00. The number of carbonyl (C=O) groups excluding carboxylic acids is 3. The van der Waals surface area contributed by atoms with Gasteiger partial charge in [-0.3, -0.25) is 24.0 Å². The van der Waals surface area contributed by atoms with E-state index in [1.165, 1.54) is 0 Å². The Morgan fingerprint density at radius 2 is 1.21 bits per heavy atom. The second kappa shape index (κ2) is 20.9. The Morgan fingerprint density at radius 3 is 1.68 bits per heavy atom. The van der Waals surface area contributed by atoms with Gasteiger partial charge in [0.15, 0.2) is 6.10 Å². The van der Waals surface area contributed by atoms with Crippen LogP contribution >= 0.6 is 23.5 Å². The lowest BCUT2D eigenvalue weighted by Crippen LogP contribution is -2.45. The highest BCUT2D eigenvalue weighted by Crippen LogP contribution is 2.03. The van der Waals surface area contributed by atoms with Crippen molar-refractivity contribution >= 4 is 64.2 Å². The number of nitrogens with two attached hydrogens (primary N) is 2. The van der Waals surface area contributed by atoms with Crippen molar-refractivity contribution in [2.24, 2.45) is 11.5 Å². The van der Waals surface area contributed by atoms with E-state index in [-0.39, 0.29) is 67.3 Å². The van der Waals surface area contributed by atoms with Gasteiger partial charge in [0.05, 0.1) is 28.6 Å². The molecule has 3 amide bonds. The number of hydrogen-bond acceptors (Lipinski definition) is 12. The molecule has 16 nitrogen and oxygen atoms in total. The topological polar surface area (TPSA) is 284 Å². The number of carbonyl (C=O) groups is 5. The SMILES string of the molecule is NC(CSCC(=O)NCCNC(=O)[C@@H](O)[C@H](O)CCS(=O)NCCNC(=O)CSCC(N)C(=O)O)C(=O)O. The zero-order valence-corrected chi connectivity index (χ0v) is 22.9. The van der Waals surface area contributed by atoms with Crippen LogP contribution in [-0.4, -0.2) is 134 Å². The fraction of sp³-hybridized carbons (Fsp3) is 0.737. The molecule has 0 aliphatic heterocycles. The van der Waals surface area contributed by atoms with Crippen LogP contribution in [0.2, 0.25) is 0 Å². The molecular formula is C19H36N6O10S3. The normalized spacial score (nSPS) is 14.9. The van der Waals surface area contributed by atoms with Crippen LogP contribution in [0.15, 0.2) is 0 Å². The van der Waals surface area contributed by atoms with Crippen molar-refractivity contribution in [1.29, 1.82) is 0 Å². The van der Waals surface area contributed by atoms with Gasteiger partial charge < -0.3 is 47.8 Å². The van der Waals surface area contributed by atoms with Crippen LogP contribution < -0.4 is 32.1 Å². The highest BCUT2D eigenvalue weighted by molar-refractivity contribution is 8.00. The number of aliphatic hydroxyl groups is 2. The number of aliphatic carboxylic acids is 2. The van der Waals surface area contributed by atoms with Gasteiger partial charge in [-0.1, -0.05) is 0 Å².